The lowest BCUT2D eigenvalue weighted by atomic mass is 10.1. The molecule has 0 aliphatic carbocycles. The van der Waals surface area contributed by atoms with Crippen LogP contribution in [-0.4, -0.2) is 51.2 Å². The van der Waals surface area contributed by atoms with Gasteiger partial charge in [0.05, 0.1) is 6.61 Å². The summed E-state index contributed by atoms with van der Waals surface area (Å²) in [5.74, 6) is 0.438. The number of phosphoric acid groups is 1. The van der Waals surface area contributed by atoms with E-state index in [9.17, 15) is 14.8 Å². The third kappa shape index (κ3) is 4.49. The minimum Gasteiger partial charge on any atom is -0.462 e. The molecule has 0 aromatic heterocycles. The van der Waals surface area contributed by atoms with E-state index < -0.39 is 39.0 Å². The number of aryl methyl sites for hydroxylation is 1. The molecule has 1 aliphatic heterocycles. The number of aliphatic hydroxyl groups excluding tert-OH is 2. The first-order valence-electron chi connectivity index (χ1n) is 6.21. The lowest BCUT2D eigenvalue weighted by Gasteiger charge is -2.16. The molecule has 8 nitrogen and oxygen atoms in total. The van der Waals surface area contributed by atoms with Gasteiger partial charge in [0.1, 0.15) is 24.1 Å². The molecule has 0 saturated carbocycles. The third-order valence-electron chi connectivity index (χ3n) is 3.00. The molecule has 4 atom stereocenters. The average Bonchev–Trinajstić information content (AvgIpc) is 2.66. The fraction of sp³-hybridized carbons (Fsp3) is 0.500. The summed E-state index contributed by atoms with van der Waals surface area (Å²) in [5.41, 5.74) is 1.03. The highest BCUT2D eigenvalue weighted by molar-refractivity contribution is 7.46. The van der Waals surface area contributed by atoms with Crippen molar-refractivity contribution in [3.8, 4) is 5.75 Å². The minimum absolute atomic E-state index is 0.438. The molecule has 1 aromatic rings. The maximum absolute atomic E-state index is 10.6. The molecular formula is C12H17O8P. The molecular weight excluding hydrogens is 303 g/mol. The number of ether oxygens (including phenoxy) is 2. The Labute approximate surface area is 121 Å². The zero-order valence-electron chi connectivity index (χ0n) is 11.2. The molecule has 1 aromatic carbocycles. The Hall–Kier alpha value is -0.990. The Bertz CT molecular complexity index is 512. The first kappa shape index (κ1) is 16.4. The highest BCUT2D eigenvalue weighted by Crippen LogP contribution is 2.37. The van der Waals surface area contributed by atoms with Crippen LogP contribution >= 0.6 is 7.82 Å². The molecule has 0 amide bonds. The first-order chi connectivity index (χ1) is 9.76. The first-order valence-corrected chi connectivity index (χ1v) is 7.74. The summed E-state index contributed by atoms with van der Waals surface area (Å²) < 4.78 is 25.5. The third-order valence-corrected chi connectivity index (χ3v) is 3.48. The molecule has 1 fully saturated rings. The topological polar surface area (TPSA) is 126 Å². The number of benzene rings is 1. The van der Waals surface area contributed by atoms with E-state index in [4.69, 9.17) is 19.3 Å². The van der Waals surface area contributed by atoms with Crippen LogP contribution in [0.2, 0.25) is 0 Å². The molecule has 0 radical (unpaired) electrons. The van der Waals surface area contributed by atoms with Gasteiger partial charge in [0.15, 0.2) is 0 Å². The van der Waals surface area contributed by atoms with E-state index in [2.05, 4.69) is 4.52 Å². The van der Waals surface area contributed by atoms with Crippen LogP contribution in [0.4, 0.5) is 0 Å². The predicted molar refractivity (Wildman–Crippen MR) is 70.5 cm³/mol. The standard InChI is InChI=1S/C12H17O8P/c1-7-2-4-8(5-3-7)19-12-11(14)10(13)9(20-12)6-18-21(15,16)17/h2-5,9-14H,6H2,1H3,(H2,15,16,17)/t9-,10-,11-,12-/m1/s1. The fourth-order valence-corrected chi connectivity index (χ4v) is 2.21. The largest absolute Gasteiger partial charge is 0.469 e. The predicted octanol–water partition coefficient (Wildman–Crippen LogP) is -0.0702. The van der Waals surface area contributed by atoms with Crippen LogP contribution in [0.3, 0.4) is 0 Å². The van der Waals surface area contributed by atoms with Crippen molar-refractivity contribution in [1.29, 1.82) is 0 Å². The van der Waals surface area contributed by atoms with E-state index in [1.807, 2.05) is 19.1 Å². The van der Waals surface area contributed by atoms with Gasteiger partial charge in [-0.15, -0.1) is 0 Å². The second-order valence-corrected chi connectivity index (χ2v) is 5.98. The fourth-order valence-electron chi connectivity index (χ4n) is 1.87. The maximum atomic E-state index is 10.6. The molecule has 118 valence electrons. The molecule has 0 bridgehead atoms. The van der Waals surface area contributed by atoms with Crippen LogP contribution in [0.15, 0.2) is 24.3 Å². The van der Waals surface area contributed by atoms with Crippen LogP contribution in [0.1, 0.15) is 5.56 Å². The van der Waals surface area contributed by atoms with Gasteiger partial charge in [0.2, 0.25) is 6.29 Å². The van der Waals surface area contributed by atoms with E-state index in [0.29, 0.717) is 5.75 Å². The second kappa shape index (κ2) is 6.41. The van der Waals surface area contributed by atoms with E-state index >= 15 is 0 Å². The Morgan fingerprint density at radius 2 is 1.81 bits per heavy atom. The molecule has 2 rings (SSSR count). The van der Waals surface area contributed by atoms with Gasteiger partial charge in [0.25, 0.3) is 0 Å². The molecule has 1 aliphatic rings. The number of hydrogen-bond acceptors (Lipinski definition) is 6. The summed E-state index contributed by atoms with van der Waals surface area (Å²) in [6, 6.07) is 6.97. The van der Waals surface area contributed by atoms with Gasteiger partial charge in [-0.3, -0.25) is 4.52 Å². The minimum atomic E-state index is -4.67. The number of aliphatic hydroxyl groups is 2. The highest BCUT2D eigenvalue weighted by atomic mass is 31.2. The quantitative estimate of drug-likeness (QED) is 0.556. The Kier molecular flexibility index (Phi) is 5.00. The van der Waals surface area contributed by atoms with Gasteiger partial charge < -0.3 is 29.5 Å². The van der Waals surface area contributed by atoms with Crippen molar-refractivity contribution in [3.63, 3.8) is 0 Å². The number of rotatable bonds is 5. The van der Waals surface area contributed by atoms with Gasteiger partial charge in [-0.05, 0) is 19.1 Å². The van der Waals surface area contributed by atoms with Crippen molar-refractivity contribution in [3.05, 3.63) is 29.8 Å². The highest BCUT2D eigenvalue weighted by Gasteiger charge is 2.45. The Morgan fingerprint density at radius 3 is 2.38 bits per heavy atom. The summed E-state index contributed by atoms with van der Waals surface area (Å²) in [6.45, 7) is 1.35. The molecule has 0 unspecified atom stereocenters. The van der Waals surface area contributed by atoms with E-state index in [1.54, 1.807) is 12.1 Å². The molecule has 9 heteroatoms. The van der Waals surface area contributed by atoms with E-state index in [-0.39, 0.29) is 0 Å². The summed E-state index contributed by atoms with van der Waals surface area (Å²) >= 11 is 0. The van der Waals surface area contributed by atoms with Gasteiger partial charge in [-0.2, -0.15) is 0 Å². The SMILES string of the molecule is Cc1ccc(O[C@@H]2O[C@H](COP(=O)(O)O)[C@@H](O)[C@H]2O)cc1. The zero-order chi connectivity index (χ0) is 15.6. The average molecular weight is 320 g/mol. The Morgan fingerprint density at radius 1 is 1.19 bits per heavy atom. The molecule has 1 heterocycles. The smallest absolute Gasteiger partial charge is 0.462 e. The van der Waals surface area contributed by atoms with Crippen molar-refractivity contribution >= 4 is 7.82 Å². The summed E-state index contributed by atoms with van der Waals surface area (Å²) in [6.07, 6.45) is -4.96. The normalized spacial score (nSPS) is 29.6. The molecule has 21 heavy (non-hydrogen) atoms. The van der Waals surface area contributed by atoms with Crippen molar-refractivity contribution in [2.24, 2.45) is 0 Å². The maximum Gasteiger partial charge on any atom is 0.469 e. The van der Waals surface area contributed by atoms with Gasteiger partial charge in [0, 0.05) is 0 Å². The molecule has 1 saturated heterocycles. The molecule has 4 N–H and O–H groups in total. The van der Waals surface area contributed by atoms with E-state index in [1.165, 1.54) is 0 Å². The van der Waals surface area contributed by atoms with Crippen molar-refractivity contribution < 1.29 is 38.6 Å². The number of hydrogen-bond donors (Lipinski definition) is 4. The van der Waals surface area contributed by atoms with Crippen molar-refractivity contribution in [2.45, 2.75) is 31.5 Å². The van der Waals surface area contributed by atoms with E-state index in [0.717, 1.165) is 5.56 Å². The monoisotopic (exact) mass is 320 g/mol. The van der Waals surface area contributed by atoms with Crippen molar-refractivity contribution in [2.75, 3.05) is 6.61 Å². The summed E-state index contributed by atoms with van der Waals surface area (Å²) in [5, 5.41) is 19.6. The van der Waals surface area contributed by atoms with Crippen molar-refractivity contribution in [1.82, 2.24) is 0 Å². The van der Waals surface area contributed by atoms with Crippen LogP contribution < -0.4 is 4.74 Å². The number of phosphoric ester groups is 1. The lowest BCUT2D eigenvalue weighted by Crippen LogP contribution is -2.35. The zero-order valence-corrected chi connectivity index (χ0v) is 12.1. The van der Waals surface area contributed by atoms with Gasteiger partial charge >= 0.3 is 7.82 Å². The van der Waals surface area contributed by atoms with Crippen LogP contribution in [0, 0.1) is 6.92 Å². The molecule has 0 spiro atoms. The lowest BCUT2D eigenvalue weighted by molar-refractivity contribution is -0.115. The van der Waals surface area contributed by atoms with Crippen LogP contribution in [-0.2, 0) is 13.8 Å². The van der Waals surface area contributed by atoms with Gasteiger partial charge in [-0.1, -0.05) is 17.7 Å². The Balaban J connectivity index is 1.96. The van der Waals surface area contributed by atoms with Crippen LogP contribution in [0.5, 0.6) is 5.75 Å². The van der Waals surface area contributed by atoms with Crippen LogP contribution in [0.25, 0.3) is 0 Å². The summed E-state index contributed by atoms with van der Waals surface area (Å²) in [4.78, 5) is 17.2. The summed E-state index contributed by atoms with van der Waals surface area (Å²) in [7, 11) is -4.67. The van der Waals surface area contributed by atoms with Gasteiger partial charge in [-0.25, -0.2) is 4.57 Å². The second-order valence-electron chi connectivity index (χ2n) is 4.74.